The van der Waals surface area contributed by atoms with Crippen molar-refractivity contribution >= 4 is 23.3 Å². The molecular formula is C15H10N4O5. The Labute approximate surface area is 135 Å². The minimum absolute atomic E-state index is 0.0730. The quantitative estimate of drug-likeness (QED) is 0.501. The molecule has 0 saturated heterocycles. The molecule has 0 radical (unpaired) electrons. The Hall–Kier alpha value is -3.80. The van der Waals surface area contributed by atoms with Crippen molar-refractivity contribution in [3.8, 4) is 6.07 Å². The van der Waals surface area contributed by atoms with Crippen molar-refractivity contribution in [2.45, 2.75) is 0 Å². The Morgan fingerprint density at radius 3 is 2.79 bits per heavy atom. The number of nitro groups is 1. The summed E-state index contributed by atoms with van der Waals surface area (Å²) in [6.45, 7) is -0.574. The maximum atomic E-state index is 11.8. The van der Waals surface area contributed by atoms with Crippen LogP contribution in [0.1, 0.15) is 15.9 Å². The van der Waals surface area contributed by atoms with E-state index in [2.05, 4.69) is 10.3 Å². The van der Waals surface area contributed by atoms with Gasteiger partial charge in [-0.3, -0.25) is 19.9 Å². The Morgan fingerprint density at radius 1 is 1.38 bits per heavy atom. The number of non-ortho nitro benzene ring substituents is 1. The second kappa shape index (κ2) is 7.46. The zero-order chi connectivity index (χ0) is 17.5. The average molecular weight is 326 g/mol. The van der Waals surface area contributed by atoms with Crippen LogP contribution in [-0.2, 0) is 9.53 Å². The maximum absolute atomic E-state index is 11.8. The molecule has 120 valence electrons. The van der Waals surface area contributed by atoms with Gasteiger partial charge in [-0.1, -0.05) is 0 Å². The molecule has 1 amide bonds. The smallest absolute Gasteiger partial charge is 0.340 e. The number of pyridine rings is 1. The first-order chi connectivity index (χ1) is 11.5. The predicted molar refractivity (Wildman–Crippen MR) is 81.0 cm³/mol. The molecule has 0 spiro atoms. The van der Waals surface area contributed by atoms with Crippen molar-refractivity contribution in [2.75, 3.05) is 11.9 Å². The SMILES string of the molecule is N#Cc1cc([N+](=O)[O-])ccc1NC(=O)COC(=O)c1cccnc1. The molecule has 9 heteroatoms. The number of nitro benzene ring substituents is 1. The molecule has 0 atom stereocenters. The van der Waals surface area contributed by atoms with Crippen molar-refractivity contribution in [1.82, 2.24) is 4.98 Å². The molecule has 1 aromatic heterocycles. The predicted octanol–water partition coefficient (Wildman–Crippen LogP) is 1.66. The molecule has 0 aliphatic carbocycles. The molecule has 2 rings (SSSR count). The van der Waals surface area contributed by atoms with Crippen LogP contribution in [0.5, 0.6) is 0 Å². The fourth-order valence-corrected chi connectivity index (χ4v) is 1.73. The van der Waals surface area contributed by atoms with Crippen molar-refractivity contribution in [2.24, 2.45) is 0 Å². The standard InChI is InChI=1S/C15H10N4O5/c16-7-11-6-12(19(22)23)3-4-13(11)18-14(20)9-24-15(21)10-2-1-5-17-8-10/h1-6,8H,9H2,(H,18,20). The molecule has 1 N–H and O–H groups in total. The number of nitrogens with zero attached hydrogens (tertiary/aromatic N) is 3. The lowest BCUT2D eigenvalue weighted by Gasteiger charge is -2.07. The Bertz CT molecular complexity index is 830. The highest BCUT2D eigenvalue weighted by atomic mass is 16.6. The van der Waals surface area contributed by atoms with Gasteiger partial charge in [-0.2, -0.15) is 5.26 Å². The molecule has 0 unspecified atom stereocenters. The van der Waals surface area contributed by atoms with Crippen LogP contribution in [0.2, 0.25) is 0 Å². The van der Waals surface area contributed by atoms with Gasteiger partial charge in [0.15, 0.2) is 6.61 Å². The summed E-state index contributed by atoms with van der Waals surface area (Å²) in [5, 5.41) is 22.0. The summed E-state index contributed by atoms with van der Waals surface area (Å²) in [6.07, 6.45) is 2.78. The van der Waals surface area contributed by atoms with E-state index in [9.17, 15) is 19.7 Å². The number of benzene rings is 1. The highest BCUT2D eigenvalue weighted by Gasteiger charge is 2.14. The van der Waals surface area contributed by atoms with Crippen LogP contribution in [0.15, 0.2) is 42.7 Å². The Balaban J connectivity index is 1.99. The first-order valence-corrected chi connectivity index (χ1v) is 6.57. The van der Waals surface area contributed by atoms with Gasteiger partial charge in [0.25, 0.3) is 11.6 Å². The number of carbonyl (C=O) groups is 2. The molecule has 1 heterocycles. The number of hydrogen-bond acceptors (Lipinski definition) is 7. The average Bonchev–Trinajstić information content (AvgIpc) is 2.60. The van der Waals surface area contributed by atoms with Crippen LogP contribution < -0.4 is 5.32 Å². The van der Waals surface area contributed by atoms with E-state index in [1.165, 1.54) is 24.5 Å². The summed E-state index contributed by atoms with van der Waals surface area (Å²) in [6, 6.07) is 8.21. The van der Waals surface area contributed by atoms with Gasteiger partial charge in [0.2, 0.25) is 0 Å². The van der Waals surface area contributed by atoms with E-state index in [0.717, 1.165) is 12.1 Å². The van der Waals surface area contributed by atoms with Crippen LogP contribution in [0, 0.1) is 21.4 Å². The number of nitrogens with one attached hydrogen (secondary N) is 1. The maximum Gasteiger partial charge on any atom is 0.340 e. The minimum Gasteiger partial charge on any atom is -0.452 e. The van der Waals surface area contributed by atoms with Gasteiger partial charge in [0.1, 0.15) is 6.07 Å². The van der Waals surface area contributed by atoms with Gasteiger partial charge in [-0.25, -0.2) is 4.79 Å². The van der Waals surface area contributed by atoms with E-state index in [4.69, 9.17) is 10.00 Å². The van der Waals surface area contributed by atoms with E-state index in [-0.39, 0.29) is 22.5 Å². The Kier molecular flexibility index (Phi) is 5.15. The summed E-state index contributed by atoms with van der Waals surface area (Å²) in [7, 11) is 0. The molecule has 1 aromatic carbocycles. The van der Waals surface area contributed by atoms with Gasteiger partial charge in [-0.05, 0) is 18.2 Å². The second-order valence-corrected chi connectivity index (χ2v) is 4.46. The monoisotopic (exact) mass is 326 g/mol. The van der Waals surface area contributed by atoms with Gasteiger partial charge < -0.3 is 10.1 Å². The summed E-state index contributed by atoms with van der Waals surface area (Å²) >= 11 is 0. The molecule has 2 aromatic rings. The summed E-state index contributed by atoms with van der Waals surface area (Å²) in [4.78, 5) is 37.2. The summed E-state index contributed by atoms with van der Waals surface area (Å²) in [5.74, 6) is -1.40. The van der Waals surface area contributed by atoms with Crippen LogP contribution in [0.25, 0.3) is 0 Å². The Morgan fingerprint density at radius 2 is 2.17 bits per heavy atom. The second-order valence-electron chi connectivity index (χ2n) is 4.46. The third kappa shape index (κ3) is 4.11. The van der Waals surface area contributed by atoms with E-state index in [0.29, 0.717) is 0 Å². The van der Waals surface area contributed by atoms with Crippen molar-refractivity contribution in [3.63, 3.8) is 0 Å². The molecule has 0 bridgehead atoms. The van der Waals surface area contributed by atoms with Gasteiger partial charge in [0.05, 0.1) is 21.7 Å². The van der Waals surface area contributed by atoms with Crippen LogP contribution >= 0.6 is 0 Å². The van der Waals surface area contributed by atoms with E-state index >= 15 is 0 Å². The zero-order valence-electron chi connectivity index (χ0n) is 12.1. The molecule has 24 heavy (non-hydrogen) atoms. The van der Waals surface area contributed by atoms with Gasteiger partial charge in [0, 0.05) is 24.5 Å². The third-order valence-corrected chi connectivity index (χ3v) is 2.84. The molecule has 0 fully saturated rings. The normalized spacial score (nSPS) is 9.62. The van der Waals surface area contributed by atoms with Crippen LogP contribution in [-0.4, -0.2) is 28.4 Å². The molecule has 0 aliphatic rings. The highest BCUT2D eigenvalue weighted by Crippen LogP contribution is 2.21. The topological polar surface area (TPSA) is 135 Å². The number of amides is 1. The number of rotatable bonds is 5. The van der Waals surface area contributed by atoms with Gasteiger partial charge in [-0.15, -0.1) is 0 Å². The van der Waals surface area contributed by atoms with Crippen molar-refractivity contribution in [1.29, 1.82) is 5.26 Å². The fourth-order valence-electron chi connectivity index (χ4n) is 1.73. The molecule has 0 saturated carbocycles. The number of esters is 1. The first-order valence-electron chi connectivity index (χ1n) is 6.57. The van der Waals surface area contributed by atoms with E-state index in [1.807, 2.05) is 0 Å². The van der Waals surface area contributed by atoms with Crippen molar-refractivity contribution < 1.29 is 19.2 Å². The number of carbonyl (C=O) groups excluding carboxylic acids is 2. The number of aromatic nitrogens is 1. The molecular weight excluding hydrogens is 316 g/mol. The van der Waals surface area contributed by atoms with E-state index in [1.54, 1.807) is 12.1 Å². The largest absolute Gasteiger partial charge is 0.452 e. The minimum atomic E-state index is -0.720. The van der Waals surface area contributed by atoms with Crippen LogP contribution in [0.3, 0.4) is 0 Å². The molecule has 9 nitrogen and oxygen atoms in total. The lowest BCUT2D eigenvalue weighted by Crippen LogP contribution is -2.21. The van der Waals surface area contributed by atoms with Crippen LogP contribution in [0.4, 0.5) is 11.4 Å². The number of hydrogen-bond donors (Lipinski definition) is 1. The first kappa shape index (κ1) is 16.6. The van der Waals surface area contributed by atoms with Crippen molar-refractivity contribution in [3.05, 3.63) is 64.0 Å². The van der Waals surface area contributed by atoms with Gasteiger partial charge >= 0.3 is 5.97 Å². The third-order valence-electron chi connectivity index (χ3n) is 2.84. The number of anilines is 1. The lowest BCUT2D eigenvalue weighted by molar-refractivity contribution is -0.384. The number of nitriles is 1. The lowest BCUT2D eigenvalue weighted by atomic mass is 10.1. The van der Waals surface area contributed by atoms with E-state index < -0.39 is 23.4 Å². The zero-order valence-corrected chi connectivity index (χ0v) is 12.1. The number of ether oxygens (including phenoxy) is 1. The highest BCUT2D eigenvalue weighted by molar-refractivity contribution is 5.96. The fraction of sp³-hybridized carbons (Fsp3) is 0.0667. The molecule has 0 aliphatic heterocycles. The summed E-state index contributed by atoms with van der Waals surface area (Å²) < 4.78 is 4.82. The summed E-state index contributed by atoms with van der Waals surface area (Å²) in [5.41, 5.74) is -0.0624.